The molecule has 10 heteroatoms. The van der Waals surface area contributed by atoms with Gasteiger partial charge >= 0.3 is 5.97 Å². The molecule has 0 radical (unpaired) electrons. The average Bonchev–Trinajstić information content (AvgIpc) is 3.21. The average molecular weight is 518 g/mol. The van der Waals surface area contributed by atoms with Crippen molar-refractivity contribution in [2.45, 2.75) is 13.5 Å². The van der Waals surface area contributed by atoms with E-state index in [1.54, 1.807) is 59.5 Å². The minimum Gasteiger partial charge on any atom is -0.489 e. The lowest BCUT2D eigenvalue weighted by Crippen LogP contribution is -2.28. The number of hydrogen-bond acceptors (Lipinski definition) is 8. The number of benzene rings is 3. The van der Waals surface area contributed by atoms with E-state index in [2.05, 4.69) is 4.99 Å². The summed E-state index contributed by atoms with van der Waals surface area (Å²) in [7, 11) is 1.33. The van der Waals surface area contributed by atoms with Gasteiger partial charge in [0.15, 0.2) is 5.17 Å². The zero-order chi connectivity index (χ0) is 26.4. The van der Waals surface area contributed by atoms with E-state index in [4.69, 9.17) is 9.47 Å². The van der Waals surface area contributed by atoms with Crippen LogP contribution in [0.2, 0.25) is 0 Å². The van der Waals surface area contributed by atoms with Gasteiger partial charge in [0, 0.05) is 18.7 Å². The fourth-order valence-electron chi connectivity index (χ4n) is 3.46. The smallest absolute Gasteiger partial charge is 0.337 e. The molecule has 0 N–H and O–H groups in total. The highest BCUT2D eigenvalue weighted by molar-refractivity contribution is 8.18. The third kappa shape index (κ3) is 6.22. The van der Waals surface area contributed by atoms with Crippen LogP contribution in [0.5, 0.6) is 5.75 Å². The third-order valence-electron chi connectivity index (χ3n) is 5.45. The summed E-state index contributed by atoms with van der Waals surface area (Å²) < 4.78 is 10.5. The summed E-state index contributed by atoms with van der Waals surface area (Å²) in [6.45, 7) is 2.63. The van der Waals surface area contributed by atoms with Crippen LogP contribution in [0.25, 0.3) is 6.08 Å². The highest BCUT2D eigenvalue weighted by Gasteiger charge is 2.32. The Hall–Kier alpha value is -4.44. The summed E-state index contributed by atoms with van der Waals surface area (Å²) in [6.07, 6.45) is 1.80. The number of thioether (sulfide) groups is 1. The lowest BCUT2D eigenvalue weighted by molar-refractivity contribution is -0.384. The van der Waals surface area contributed by atoms with Gasteiger partial charge in [0.1, 0.15) is 12.4 Å². The summed E-state index contributed by atoms with van der Waals surface area (Å²) in [4.78, 5) is 41.6. The van der Waals surface area contributed by atoms with Crippen molar-refractivity contribution in [2.24, 2.45) is 4.99 Å². The number of ether oxygens (including phenoxy) is 2. The van der Waals surface area contributed by atoms with Crippen LogP contribution in [0.4, 0.5) is 11.4 Å². The van der Waals surface area contributed by atoms with Crippen LogP contribution < -0.4 is 4.74 Å². The number of likely N-dealkylation sites (N-methyl/N-ethyl adjacent to an activating group) is 1. The molecular formula is C27H23N3O6S. The van der Waals surface area contributed by atoms with Crippen LogP contribution in [0.1, 0.15) is 28.4 Å². The predicted octanol–water partition coefficient (Wildman–Crippen LogP) is 5.58. The lowest BCUT2D eigenvalue weighted by atomic mass is 10.2. The molecule has 0 atom stereocenters. The van der Waals surface area contributed by atoms with Gasteiger partial charge in [0.2, 0.25) is 0 Å². The Balaban J connectivity index is 1.43. The van der Waals surface area contributed by atoms with Crippen LogP contribution in [0.15, 0.2) is 82.7 Å². The number of carbonyl (C=O) groups excluding carboxylic acids is 2. The summed E-state index contributed by atoms with van der Waals surface area (Å²) in [6, 6.07) is 20.2. The molecule has 0 aromatic heterocycles. The predicted molar refractivity (Wildman–Crippen MR) is 142 cm³/mol. The SMILES string of the molecule is CCN1C(=O)/C(=C\c2ccc(OCc3ccc([N+](=O)[O-])cc3)cc2)SC1=Nc1ccc(C(=O)OC)cc1. The fourth-order valence-corrected chi connectivity index (χ4v) is 4.53. The van der Waals surface area contributed by atoms with Gasteiger partial charge < -0.3 is 9.47 Å². The molecule has 0 bridgehead atoms. The molecule has 3 aromatic carbocycles. The molecule has 3 aromatic rings. The minimum absolute atomic E-state index is 0.0341. The van der Waals surface area contributed by atoms with Crippen molar-refractivity contribution in [3.63, 3.8) is 0 Å². The second kappa shape index (κ2) is 11.5. The maximum atomic E-state index is 12.9. The largest absolute Gasteiger partial charge is 0.489 e. The topological polar surface area (TPSA) is 111 Å². The number of hydrogen-bond donors (Lipinski definition) is 0. The number of nitro groups is 1. The van der Waals surface area contributed by atoms with Crippen molar-refractivity contribution in [1.82, 2.24) is 4.90 Å². The van der Waals surface area contributed by atoms with E-state index in [1.807, 2.05) is 19.1 Å². The molecule has 1 aliphatic rings. The van der Waals surface area contributed by atoms with Crippen LogP contribution in [0, 0.1) is 10.1 Å². The molecule has 0 aliphatic carbocycles. The first-order valence-corrected chi connectivity index (χ1v) is 12.1. The Labute approximate surface area is 217 Å². The van der Waals surface area contributed by atoms with Gasteiger partial charge in [-0.2, -0.15) is 0 Å². The number of nitro benzene ring substituents is 1. The maximum absolute atomic E-state index is 12.9. The number of rotatable bonds is 8. The number of aliphatic imine (C=N–C) groups is 1. The molecule has 1 aliphatic heterocycles. The summed E-state index contributed by atoms with van der Waals surface area (Å²) >= 11 is 1.29. The summed E-state index contributed by atoms with van der Waals surface area (Å²) in [5.41, 5.74) is 2.73. The van der Waals surface area contributed by atoms with Gasteiger partial charge in [0.25, 0.3) is 11.6 Å². The fraction of sp³-hybridized carbons (Fsp3) is 0.148. The van der Waals surface area contributed by atoms with Gasteiger partial charge in [-0.1, -0.05) is 12.1 Å². The van der Waals surface area contributed by atoms with E-state index in [-0.39, 0.29) is 18.2 Å². The second-order valence-corrected chi connectivity index (χ2v) is 8.88. The molecule has 4 rings (SSSR count). The monoisotopic (exact) mass is 517 g/mol. The van der Waals surface area contributed by atoms with E-state index in [0.29, 0.717) is 33.6 Å². The van der Waals surface area contributed by atoms with Gasteiger partial charge in [-0.15, -0.1) is 0 Å². The van der Waals surface area contributed by atoms with Gasteiger partial charge in [-0.3, -0.25) is 19.8 Å². The molecule has 0 spiro atoms. The van der Waals surface area contributed by atoms with Crippen LogP contribution in [-0.2, 0) is 16.1 Å². The van der Waals surface area contributed by atoms with E-state index < -0.39 is 10.9 Å². The molecule has 0 unspecified atom stereocenters. The van der Waals surface area contributed by atoms with Crippen LogP contribution in [-0.4, -0.2) is 40.5 Å². The number of amides is 1. The zero-order valence-corrected chi connectivity index (χ0v) is 20.9. The molecule has 188 valence electrons. The number of esters is 1. The maximum Gasteiger partial charge on any atom is 0.337 e. The Kier molecular flexibility index (Phi) is 7.99. The first kappa shape index (κ1) is 25.6. The highest BCUT2D eigenvalue weighted by Crippen LogP contribution is 2.34. The minimum atomic E-state index is -0.441. The molecule has 0 saturated carbocycles. The quantitative estimate of drug-likeness (QED) is 0.166. The van der Waals surface area contributed by atoms with Crippen molar-refractivity contribution in [3.8, 4) is 5.75 Å². The van der Waals surface area contributed by atoms with E-state index in [0.717, 1.165) is 11.1 Å². The molecule has 1 saturated heterocycles. The first-order valence-electron chi connectivity index (χ1n) is 11.3. The van der Waals surface area contributed by atoms with Crippen molar-refractivity contribution in [2.75, 3.05) is 13.7 Å². The van der Waals surface area contributed by atoms with E-state index in [9.17, 15) is 19.7 Å². The van der Waals surface area contributed by atoms with E-state index >= 15 is 0 Å². The van der Waals surface area contributed by atoms with Crippen LogP contribution >= 0.6 is 11.8 Å². The van der Waals surface area contributed by atoms with E-state index in [1.165, 1.54) is 31.0 Å². The number of nitrogens with zero attached hydrogens (tertiary/aromatic N) is 3. The lowest BCUT2D eigenvalue weighted by Gasteiger charge is -2.12. The summed E-state index contributed by atoms with van der Waals surface area (Å²) in [5.74, 6) is 0.0856. The Bertz CT molecular complexity index is 1370. The van der Waals surface area contributed by atoms with Crippen molar-refractivity contribution in [1.29, 1.82) is 0 Å². The van der Waals surface area contributed by atoms with Crippen molar-refractivity contribution in [3.05, 3.63) is 105 Å². The third-order valence-corrected chi connectivity index (χ3v) is 6.45. The Morgan fingerprint density at radius 1 is 1.05 bits per heavy atom. The molecule has 37 heavy (non-hydrogen) atoms. The number of carbonyl (C=O) groups is 2. The highest BCUT2D eigenvalue weighted by atomic mass is 32.2. The molecule has 9 nitrogen and oxygen atoms in total. The van der Waals surface area contributed by atoms with Crippen molar-refractivity contribution >= 4 is 46.3 Å². The molecule has 1 fully saturated rings. The first-order chi connectivity index (χ1) is 17.9. The Morgan fingerprint density at radius 2 is 1.73 bits per heavy atom. The van der Waals surface area contributed by atoms with Gasteiger partial charge in [0.05, 0.1) is 28.2 Å². The van der Waals surface area contributed by atoms with Crippen LogP contribution in [0.3, 0.4) is 0 Å². The molecule has 1 heterocycles. The Morgan fingerprint density at radius 3 is 2.32 bits per heavy atom. The zero-order valence-electron chi connectivity index (χ0n) is 20.1. The standard InChI is InChI=1S/C27H23N3O6S/c1-3-29-25(31)24(37-27(29)28-21-10-8-20(9-11-21)26(32)35-2)16-18-6-14-23(15-7-18)36-17-19-4-12-22(13-5-19)30(33)34/h4-16H,3,17H2,1-2H3/b24-16+,28-27?. The number of amidine groups is 1. The second-order valence-electron chi connectivity index (χ2n) is 7.87. The summed E-state index contributed by atoms with van der Waals surface area (Å²) in [5, 5.41) is 11.3. The number of non-ortho nitro benzene ring substituents is 1. The van der Waals surface area contributed by atoms with Crippen molar-refractivity contribution < 1.29 is 24.0 Å². The van der Waals surface area contributed by atoms with Gasteiger partial charge in [-0.05, 0) is 84.4 Å². The number of methoxy groups -OCH3 is 1. The molecule has 1 amide bonds. The van der Waals surface area contributed by atoms with Gasteiger partial charge in [-0.25, -0.2) is 9.79 Å². The molecular weight excluding hydrogens is 494 g/mol. The normalized spacial score (nSPS) is 15.3.